The van der Waals surface area contributed by atoms with E-state index in [1.165, 1.54) is 18.9 Å². The number of nitriles is 1. The summed E-state index contributed by atoms with van der Waals surface area (Å²) in [6, 6.07) is 9.10. The van der Waals surface area contributed by atoms with E-state index < -0.39 is 5.97 Å². The quantitative estimate of drug-likeness (QED) is 0.378. The highest BCUT2D eigenvalue weighted by Gasteiger charge is 2.20. The summed E-state index contributed by atoms with van der Waals surface area (Å²) in [7, 11) is 1.48. The summed E-state index contributed by atoms with van der Waals surface area (Å²) in [4.78, 5) is 29.0. The molecule has 0 fully saturated rings. The first-order chi connectivity index (χ1) is 13.9. The lowest BCUT2D eigenvalue weighted by Crippen LogP contribution is -2.19. The summed E-state index contributed by atoms with van der Waals surface area (Å²) in [6.07, 6.45) is 0. The number of hydrogen-bond donors (Lipinski definition) is 1. The van der Waals surface area contributed by atoms with E-state index in [4.69, 9.17) is 9.47 Å². The number of carbonyl (C=O) groups is 2. The lowest BCUT2D eigenvalue weighted by molar-refractivity contribution is -0.140. The van der Waals surface area contributed by atoms with E-state index in [9.17, 15) is 14.9 Å². The first-order valence-corrected chi connectivity index (χ1v) is 10.0. The second-order valence-electron chi connectivity index (χ2n) is 6.13. The predicted molar refractivity (Wildman–Crippen MR) is 112 cm³/mol. The standard InChI is InChI=1S/C21H23N3O4S/c1-5-28-19(26)11-23-16-7-6-8-18(27-4)20(16)17(25)12-29-21-15(10-22)13(2)9-14(3)24-21/h6-9,23H,5,11-12H2,1-4H3. The molecule has 2 aromatic rings. The summed E-state index contributed by atoms with van der Waals surface area (Å²) in [6.45, 7) is 5.64. The van der Waals surface area contributed by atoms with E-state index in [0.717, 1.165) is 11.3 Å². The van der Waals surface area contributed by atoms with Crippen LogP contribution in [0.4, 0.5) is 5.69 Å². The molecule has 0 amide bonds. The van der Waals surface area contributed by atoms with Crippen molar-refractivity contribution in [2.45, 2.75) is 25.8 Å². The Morgan fingerprint density at radius 1 is 1.31 bits per heavy atom. The van der Waals surface area contributed by atoms with Crippen molar-refractivity contribution in [1.82, 2.24) is 4.98 Å². The number of pyridine rings is 1. The van der Waals surface area contributed by atoms with Gasteiger partial charge in [0.05, 0.1) is 30.6 Å². The molecule has 0 saturated carbocycles. The van der Waals surface area contributed by atoms with Gasteiger partial charge in [0.1, 0.15) is 23.4 Å². The highest BCUT2D eigenvalue weighted by Crippen LogP contribution is 2.30. The topological polar surface area (TPSA) is 101 Å². The van der Waals surface area contributed by atoms with Gasteiger partial charge in [-0.05, 0) is 44.5 Å². The molecule has 0 saturated heterocycles. The van der Waals surface area contributed by atoms with Crippen LogP contribution in [0.2, 0.25) is 0 Å². The van der Waals surface area contributed by atoms with Crippen molar-refractivity contribution in [3.05, 3.63) is 46.6 Å². The molecule has 0 unspecified atom stereocenters. The summed E-state index contributed by atoms with van der Waals surface area (Å²) in [5.74, 6) is -0.151. The fourth-order valence-corrected chi connectivity index (χ4v) is 3.74. The number of benzene rings is 1. The third-order valence-electron chi connectivity index (χ3n) is 4.02. The van der Waals surface area contributed by atoms with Gasteiger partial charge in [-0.1, -0.05) is 17.8 Å². The Bertz CT molecular complexity index is 954. The zero-order valence-corrected chi connectivity index (χ0v) is 17.7. The normalized spacial score (nSPS) is 10.2. The van der Waals surface area contributed by atoms with Crippen molar-refractivity contribution in [3.8, 4) is 11.8 Å². The van der Waals surface area contributed by atoms with Gasteiger partial charge in [0, 0.05) is 11.4 Å². The molecule has 1 aromatic heterocycles. The van der Waals surface area contributed by atoms with Gasteiger partial charge >= 0.3 is 5.97 Å². The number of nitrogens with zero attached hydrogens (tertiary/aromatic N) is 2. The molecule has 2 rings (SSSR count). The number of thioether (sulfide) groups is 1. The number of aryl methyl sites for hydroxylation is 2. The Morgan fingerprint density at radius 3 is 2.72 bits per heavy atom. The molecule has 1 aromatic carbocycles. The number of ketones is 1. The van der Waals surface area contributed by atoms with Crippen LogP contribution >= 0.6 is 11.8 Å². The minimum Gasteiger partial charge on any atom is -0.496 e. The number of nitrogens with one attached hydrogen (secondary N) is 1. The minimum atomic E-state index is -0.416. The van der Waals surface area contributed by atoms with Crippen LogP contribution in [0.5, 0.6) is 5.75 Å². The highest BCUT2D eigenvalue weighted by atomic mass is 32.2. The molecule has 152 valence electrons. The van der Waals surface area contributed by atoms with Crippen molar-refractivity contribution in [3.63, 3.8) is 0 Å². The van der Waals surface area contributed by atoms with Crippen molar-refractivity contribution >= 4 is 29.2 Å². The Hall–Kier alpha value is -3.05. The second kappa shape index (κ2) is 10.5. The first kappa shape index (κ1) is 22.2. The molecule has 1 N–H and O–H groups in total. The molecule has 0 bridgehead atoms. The fourth-order valence-electron chi connectivity index (χ4n) is 2.76. The maximum Gasteiger partial charge on any atom is 0.325 e. The summed E-state index contributed by atoms with van der Waals surface area (Å²) in [5, 5.41) is 12.9. The molecule has 29 heavy (non-hydrogen) atoms. The molecule has 8 heteroatoms. The van der Waals surface area contributed by atoms with E-state index in [0.29, 0.717) is 27.6 Å². The van der Waals surface area contributed by atoms with Crippen LogP contribution in [0.1, 0.15) is 34.1 Å². The number of carbonyl (C=O) groups excluding carboxylic acids is 2. The average Bonchev–Trinajstić information content (AvgIpc) is 2.70. The van der Waals surface area contributed by atoms with Crippen LogP contribution in [-0.4, -0.2) is 42.8 Å². The van der Waals surface area contributed by atoms with Gasteiger partial charge in [-0.15, -0.1) is 0 Å². The molecule has 0 aliphatic carbocycles. The zero-order valence-electron chi connectivity index (χ0n) is 16.9. The first-order valence-electron chi connectivity index (χ1n) is 9.02. The van der Waals surface area contributed by atoms with Gasteiger partial charge in [0.25, 0.3) is 0 Å². The third kappa shape index (κ3) is 5.72. The number of methoxy groups -OCH3 is 1. The lowest BCUT2D eigenvalue weighted by Gasteiger charge is -2.14. The van der Waals surface area contributed by atoms with E-state index >= 15 is 0 Å². The van der Waals surface area contributed by atoms with Gasteiger partial charge in [-0.3, -0.25) is 9.59 Å². The van der Waals surface area contributed by atoms with Crippen LogP contribution in [-0.2, 0) is 9.53 Å². The molecule has 0 aliphatic rings. The number of aromatic nitrogens is 1. The van der Waals surface area contributed by atoms with Crippen molar-refractivity contribution < 1.29 is 19.1 Å². The Labute approximate surface area is 174 Å². The van der Waals surface area contributed by atoms with Crippen molar-refractivity contribution in [2.75, 3.05) is 31.3 Å². The van der Waals surface area contributed by atoms with Gasteiger partial charge in [0.2, 0.25) is 0 Å². The average molecular weight is 413 g/mol. The fraction of sp³-hybridized carbons (Fsp3) is 0.333. The monoisotopic (exact) mass is 413 g/mol. The third-order valence-corrected chi connectivity index (χ3v) is 4.99. The van der Waals surface area contributed by atoms with Crippen LogP contribution in [0, 0.1) is 25.2 Å². The number of Topliss-reactive ketones (excluding diaryl/α,β-unsaturated/α-hetero) is 1. The number of esters is 1. The smallest absolute Gasteiger partial charge is 0.325 e. The van der Waals surface area contributed by atoms with Crippen LogP contribution < -0.4 is 10.1 Å². The maximum atomic E-state index is 13.0. The highest BCUT2D eigenvalue weighted by molar-refractivity contribution is 8.00. The van der Waals surface area contributed by atoms with Crippen LogP contribution in [0.15, 0.2) is 29.3 Å². The molecule has 7 nitrogen and oxygen atoms in total. The van der Waals surface area contributed by atoms with E-state index in [1.54, 1.807) is 25.1 Å². The SMILES string of the molecule is CCOC(=O)CNc1cccc(OC)c1C(=O)CSc1nc(C)cc(C)c1C#N. The molecule has 0 spiro atoms. The Balaban J connectivity index is 2.24. The second-order valence-corrected chi connectivity index (χ2v) is 7.09. The molecular formula is C21H23N3O4S. The van der Waals surface area contributed by atoms with Gasteiger partial charge < -0.3 is 14.8 Å². The van der Waals surface area contributed by atoms with Gasteiger partial charge in [-0.2, -0.15) is 5.26 Å². The largest absolute Gasteiger partial charge is 0.496 e. The molecule has 0 radical (unpaired) electrons. The van der Waals surface area contributed by atoms with E-state index in [-0.39, 0.29) is 24.7 Å². The summed E-state index contributed by atoms with van der Waals surface area (Å²) in [5.41, 5.74) is 2.90. The molecule has 1 heterocycles. The Morgan fingerprint density at radius 2 is 2.07 bits per heavy atom. The van der Waals surface area contributed by atoms with E-state index in [2.05, 4.69) is 16.4 Å². The number of anilines is 1. The number of hydrogen-bond acceptors (Lipinski definition) is 8. The summed E-state index contributed by atoms with van der Waals surface area (Å²) < 4.78 is 10.3. The summed E-state index contributed by atoms with van der Waals surface area (Å²) >= 11 is 1.21. The molecule has 0 aliphatic heterocycles. The zero-order chi connectivity index (χ0) is 21.4. The van der Waals surface area contributed by atoms with Crippen LogP contribution in [0.25, 0.3) is 0 Å². The minimum absolute atomic E-state index is 0.0638. The van der Waals surface area contributed by atoms with Gasteiger partial charge in [0.15, 0.2) is 5.78 Å². The lowest BCUT2D eigenvalue weighted by atomic mass is 10.1. The van der Waals surface area contributed by atoms with E-state index in [1.807, 2.05) is 19.9 Å². The van der Waals surface area contributed by atoms with Crippen LogP contribution in [0.3, 0.4) is 0 Å². The predicted octanol–water partition coefficient (Wildman–Crippen LogP) is 3.53. The van der Waals surface area contributed by atoms with Crippen molar-refractivity contribution in [2.24, 2.45) is 0 Å². The number of ether oxygens (including phenoxy) is 2. The Kier molecular flexibility index (Phi) is 8.04. The maximum absolute atomic E-state index is 13.0. The van der Waals surface area contributed by atoms with Crippen molar-refractivity contribution in [1.29, 1.82) is 5.26 Å². The molecule has 0 atom stereocenters. The van der Waals surface area contributed by atoms with Gasteiger partial charge in [-0.25, -0.2) is 4.98 Å². The molecular weight excluding hydrogens is 390 g/mol. The number of rotatable bonds is 9.